The first-order valence-electron chi connectivity index (χ1n) is 15.0. The zero-order chi connectivity index (χ0) is 29.0. The Morgan fingerprint density at radius 3 is 1.73 bits per heavy atom. The Labute approximate surface area is 255 Å². The van der Waals surface area contributed by atoms with Crippen molar-refractivity contribution in [3.05, 3.63) is 164 Å². The molecule has 1 heterocycles. The van der Waals surface area contributed by atoms with E-state index in [1.54, 1.807) is 0 Å². The second-order valence-corrected chi connectivity index (χ2v) is 11.3. The standard InChI is InChI=1S/C42H27NO/c1-2-10-28(11-3-1)29-24-26-33(27-25-29)43(37-17-9-19-39-42(37)35-15-6-7-18-38(35)44-39)36-16-8-13-31-22-23-32-21-20-30-12-4-5-14-34(30)40(32)41(31)36/h1-27H. The Kier molecular flexibility index (Phi) is 5.54. The minimum Gasteiger partial charge on any atom is -0.456 e. The van der Waals surface area contributed by atoms with Crippen molar-refractivity contribution < 1.29 is 4.42 Å². The molecular formula is C42H27NO. The van der Waals surface area contributed by atoms with Crippen LogP contribution in [0.25, 0.3) is 65.4 Å². The van der Waals surface area contributed by atoms with Gasteiger partial charge in [-0.2, -0.15) is 0 Å². The Hall–Kier alpha value is -5.86. The molecule has 0 saturated heterocycles. The van der Waals surface area contributed by atoms with Crippen LogP contribution in [0.1, 0.15) is 0 Å². The molecular weight excluding hydrogens is 534 g/mol. The lowest BCUT2D eigenvalue weighted by Crippen LogP contribution is -2.11. The average molecular weight is 562 g/mol. The Balaban J connectivity index is 1.39. The molecule has 0 amide bonds. The lowest BCUT2D eigenvalue weighted by molar-refractivity contribution is 0.669. The highest BCUT2D eigenvalue weighted by atomic mass is 16.3. The van der Waals surface area contributed by atoms with Gasteiger partial charge in [0.1, 0.15) is 11.2 Å². The van der Waals surface area contributed by atoms with Gasteiger partial charge in [-0.25, -0.2) is 0 Å². The van der Waals surface area contributed by atoms with E-state index in [1.807, 2.05) is 6.07 Å². The van der Waals surface area contributed by atoms with Crippen LogP contribution in [0.3, 0.4) is 0 Å². The van der Waals surface area contributed by atoms with E-state index >= 15 is 0 Å². The zero-order valence-corrected chi connectivity index (χ0v) is 23.9. The molecule has 0 N–H and O–H groups in total. The van der Waals surface area contributed by atoms with Crippen molar-refractivity contribution in [1.82, 2.24) is 0 Å². The molecule has 8 aromatic carbocycles. The number of para-hydroxylation sites is 1. The van der Waals surface area contributed by atoms with E-state index in [-0.39, 0.29) is 0 Å². The fraction of sp³-hybridized carbons (Fsp3) is 0. The molecule has 2 nitrogen and oxygen atoms in total. The molecule has 0 spiro atoms. The topological polar surface area (TPSA) is 16.4 Å². The second kappa shape index (κ2) is 9.86. The number of nitrogens with zero attached hydrogens (tertiary/aromatic N) is 1. The molecule has 44 heavy (non-hydrogen) atoms. The first-order chi connectivity index (χ1) is 21.8. The normalized spacial score (nSPS) is 11.6. The average Bonchev–Trinajstić information content (AvgIpc) is 3.48. The molecule has 2 heteroatoms. The highest BCUT2D eigenvalue weighted by Crippen LogP contribution is 2.47. The summed E-state index contributed by atoms with van der Waals surface area (Å²) >= 11 is 0. The van der Waals surface area contributed by atoms with Crippen molar-refractivity contribution >= 4 is 71.3 Å². The minimum atomic E-state index is 0.880. The number of furan rings is 1. The molecule has 0 unspecified atom stereocenters. The third-order valence-electron chi connectivity index (χ3n) is 8.82. The maximum Gasteiger partial charge on any atom is 0.137 e. The molecule has 0 radical (unpaired) electrons. The van der Waals surface area contributed by atoms with Crippen LogP contribution in [-0.2, 0) is 0 Å². The lowest BCUT2D eigenvalue weighted by Gasteiger charge is -2.28. The van der Waals surface area contributed by atoms with Crippen molar-refractivity contribution in [2.75, 3.05) is 4.90 Å². The fourth-order valence-corrected chi connectivity index (χ4v) is 6.82. The maximum atomic E-state index is 6.38. The summed E-state index contributed by atoms with van der Waals surface area (Å²) in [5.41, 5.74) is 7.48. The summed E-state index contributed by atoms with van der Waals surface area (Å²) in [4.78, 5) is 2.42. The smallest absolute Gasteiger partial charge is 0.137 e. The van der Waals surface area contributed by atoms with Crippen molar-refractivity contribution in [2.24, 2.45) is 0 Å². The van der Waals surface area contributed by atoms with E-state index in [9.17, 15) is 0 Å². The van der Waals surface area contributed by atoms with Gasteiger partial charge < -0.3 is 9.32 Å². The highest BCUT2D eigenvalue weighted by Gasteiger charge is 2.22. The zero-order valence-electron chi connectivity index (χ0n) is 23.9. The number of hydrogen-bond donors (Lipinski definition) is 0. The summed E-state index contributed by atoms with van der Waals surface area (Å²) in [5.74, 6) is 0. The van der Waals surface area contributed by atoms with Crippen LogP contribution in [0.4, 0.5) is 17.1 Å². The van der Waals surface area contributed by atoms with Crippen LogP contribution in [0, 0.1) is 0 Å². The van der Waals surface area contributed by atoms with Crippen molar-refractivity contribution in [3.63, 3.8) is 0 Å². The van der Waals surface area contributed by atoms with Gasteiger partial charge >= 0.3 is 0 Å². The fourth-order valence-electron chi connectivity index (χ4n) is 6.82. The van der Waals surface area contributed by atoms with Gasteiger partial charge in [0.25, 0.3) is 0 Å². The van der Waals surface area contributed by atoms with Gasteiger partial charge in [0, 0.05) is 16.5 Å². The van der Waals surface area contributed by atoms with Gasteiger partial charge in [-0.05, 0) is 74.5 Å². The Bertz CT molecular complexity index is 2480. The number of hydrogen-bond acceptors (Lipinski definition) is 2. The summed E-state index contributed by atoms with van der Waals surface area (Å²) < 4.78 is 6.38. The molecule has 206 valence electrons. The predicted octanol–water partition coefficient (Wildman–Crippen LogP) is 12.2. The molecule has 0 aliphatic rings. The summed E-state index contributed by atoms with van der Waals surface area (Å²) in [6.45, 7) is 0. The second-order valence-electron chi connectivity index (χ2n) is 11.3. The minimum absolute atomic E-state index is 0.880. The number of rotatable bonds is 4. The summed E-state index contributed by atoms with van der Waals surface area (Å²) in [5, 5.41) is 9.66. The molecule has 1 aromatic heterocycles. The largest absolute Gasteiger partial charge is 0.456 e. The quantitative estimate of drug-likeness (QED) is 0.199. The first kappa shape index (κ1) is 24.7. The third kappa shape index (κ3) is 3.82. The van der Waals surface area contributed by atoms with Crippen LogP contribution in [0.15, 0.2) is 168 Å². The number of benzene rings is 8. The SMILES string of the molecule is c1ccc(-c2ccc(N(c3cccc4oc5ccccc5c34)c3cccc4ccc5ccc6ccccc6c5c34)cc2)cc1. The summed E-state index contributed by atoms with van der Waals surface area (Å²) in [6, 6.07) is 58.6. The van der Waals surface area contributed by atoms with E-state index in [2.05, 4.69) is 163 Å². The van der Waals surface area contributed by atoms with Gasteiger partial charge in [-0.1, -0.05) is 127 Å². The maximum absolute atomic E-state index is 6.38. The van der Waals surface area contributed by atoms with Crippen LogP contribution in [-0.4, -0.2) is 0 Å². The first-order valence-corrected chi connectivity index (χ1v) is 15.0. The van der Waals surface area contributed by atoms with Gasteiger partial charge in [0.2, 0.25) is 0 Å². The molecule has 9 rings (SSSR count). The van der Waals surface area contributed by atoms with Crippen LogP contribution >= 0.6 is 0 Å². The van der Waals surface area contributed by atoms with E-state index in [1.165, 1.54) is 43.4 Å². The van der Waals surface area contributed by atoms with E-state index < -0.39 is 0 Å². The van der Waals surface area contributed by atoms with Crippen molar-refractivity contribution in [3.8, 4) is 11.1 Å². The monoisotopic (exact) mass is 561 g/mol. The van der Waals surface area contributed by atoms with Crippen LogP contribution in [0.2, 0.25) is 0 Å². The molecule has 0 aliphatic heterocycles. The summed E-state index contributed by atoms with van der Waals surface area (Å²) in [7, 11) is 0. The van der Waals surface area contributed by atoms with E-state index in [4.69, 9.17) is 4.42 Å². The van der Waals surface area contributed by atoms with E-state index in [0.717, 1.165) is 39.0 Å². The van der Waals surface area contributed by atoms with Crippen molar-refractivity contribution in [1.29, 1.82) is 0 Å². The van der Waals surface area contributed by atoms with Gasteiger partial charge in [-0.15, -0.1) is 0 Å². The van der Waals surface area contributed by atoms with Crippen LogP contribution < -0.4 is 4.90 Å². The predicted molar refractivity (Wildman–Crippen MR) is 186 cm³/mol. The number of fused-ring (bicyclic) bond motifs is 8. The van der Waals surface area contributed by atoms with E-state index in [0.29, 0.717) is 0 Å². The van der Waals surface area contributed by atoms with Gasteiger partial charge in [0.05, 0.1) is 16.8 Å². The molecule has 0 atom stereocenters. The number of anilines is 3. The summed E-state index contributed by atoms with van der Waals surface area (Å²) in [6.07, 6.45) is 0. The molecule has 9 aromatic rings. The lowest BCUT2D eigenvalue weighted by atomic mass is 9.94. The molecule has 0 saturated carbocycles. The Morgan fingerprint density at radius 2 is 0.909 bits per heavy atom. The molecule has 0 aliphatic carbocycles. The van der Waals surface area contributed by atoms with Crippen molar-refractivity contribution in [2.45, 2.75) is 0 Å². The van der Waals surface area contributed by atoms with Gasteiger partial charge in [0.15, 0.2) is 0 Å². The molecule has 0 bridgehead atoms. The highest BCUT2D eigenvalue weighted by molar-refractivity contribution is 6.25. The Morgan fingerprint density at radius 1 is 0.341 bits per heavy atom. The molecule has 0 fully saturated rings. The van der Waals surface area contributed by atoms with Gasteiger partial charge in [-0.3, -0.25) is 0 Å². The third-order valence-corrected chi connectivity index (χ3v) is 8.82. The van der Waals surface area contributed by atoms with Crippen LogP contribution in [0.5, 0.6) is 0 Å².